The van der Waals surface area contributed by atoms with Crippen molar-refractivity contribution >= 4 is 28.3 Å². The lowest BCUT2D eigenvalue weighted by Gasteiger charge is -2.34. The number of amides is 1. The van der Waals surface area contributed by atoms with Gasteiger partial charge in [0.05, 0.1) is 11.4 Å². The van der Waals surface area contributed by atoms with Crippen LogP contribution in [0.1, 0.15) is 24.0 Å². The summed E-state index contributed by atoms with van der Waals surface area (Å²) in [6.45, 7) is 6.75. The molecular formula is C18H28ClN3O3S. The van der Waals surface area contributed by atoms with Gasteiger partial charge in [0.1, 0.15) is 0 Å². The van der Waals surface area contributed by atoms with Crippen molar-refractivity contribution in [3.05, 3.63) is 29.3 Å². The molecule has 1 saturated heterocycles. The van der Waals surface area contributed by atoms with E-state index in [1.54, 1.807) is 17.0 Å². The number of nitrogens with zero attached hydrogens (tertiary/aromatic N) is 2. The lowest BCUT2D eigenvalue weighted by atomic mass is 10.1. The monoisotopic (exact) mass is 401 g/mol. The molecule has 146 valence electrons. The molecule has 1 N–H and O–H groups in total. The van der Waals surface area contributed by atoms with Crippen molar-refractivity contribution < 1.29 is 13.2 Å². The summed E-state index contributed by atoms with van der Waals surface area (Å²) in [6.07, 6.45) is 2.52. The molecule has 6 nitrogen and oxygen atoms in total. The Morgan fingerprint density at radius 3 is 2.35 bits per heavy atom. The molecule has 8 heteroatoms. The maximum atomic E-state index is 12.8. The van der Waals surface area contributed by atoms with Crippen molar-refractivity contribution in [2.45, 2.75) is 31.6 Å². The maximum Gasteiger partial charge on any atom is 0.243 e. The van der Waals surface area contributed by atoms with Gasteiger partial charge in [-0.3, -0.25) is 4.79 Å². The molecule has 1 heterocycles. The van der Waals surface area contributed by atoms with E-state index in [1.165, 1.54) is 17.1 Å². The minimum absolute atomic E-state index is 0. The standard InChI is InChI=1S/C18H27N3O3S.ClH/c1-14-3-6-17(11-15(14)2)25(23,24)21-9-7-20(8-10-21)18(22)13-19-12-16-4-5-16;/h3,6,11,16,19H,4-5,7-10,12-13H2,1-2H3;1H. The molecule has 1 aliphatic heterocycles. The second kappa shape index (κ2) is 8.69. The van der Waals surface area contributed by atoms with Crippen molar-refractivity contribution in [1.82, 2.24) is 14.5 Å². The molecule has 26 heavy (non-hydrogen) atoms. The first kappa shape index (κ1) is 21.2. The third kappa shape index (κ3) is 4.97. The minimum atomic E-state index is -3.49. The van der Waals surface area contributed by atoms with Crippen molar-refractivity contribution in [1.29, 1.82) is 0 Å². The number of hydrogen-bond donors (Lipinski definition) is 1. The summed E-state index contributed by atoms with van der Waals surface area (Å²) in [4.78, 5) is 14.3. The number of piperazine rings is 1. The summed E-state index contributed by atoms with van der Waals surface area (Å²) < 4.78 is 27.1. The van der Waals surface area contributed by atoms with Gasteiger partial charge in [0.25, 0.3) is 0 Å². The Kier molecular flexibility index (Phi) is 7.07. The number of carbonyl (C=O) groups is 1. The molecule has 1 saturated carbocycles. The van der Waals surface area contributed by atoms with E-state index >= 15 is 0 Å². The quantitative estimate of drug-likeness (QED) is 0.785. The van der Waals surface area contributed by atoms with Crippen LogP contribution in [-0.2, 0) is 14.8 Å². The highest BCUT2D eigenvalue weighted by Gasteiger charge is 2.30. The molecule has 0 aromatic heterocycles. The van der Waals surface area contributed by atoms with Crippen LogP contribution in [0.5, 0.6) is 0 Å². The molecule has 3 rings (SSSR count). The highest BCUT2D eigenvalue weighted by molar-refractivity contribution is 7.89. The largest absolute Gasteiger partial charge is 0.339 e. The Morgan fingerprint density at radius 2 is 1.77 bits per heavy atom. The number of sulfonamides is 1. The summed E-state index contributed by atoms with van der Waals surface area (Å²) in [5, 5.41) is 3.20. The van der Waals surface area contributed by atoms with Crippen molar-refractivity contribution in [3.63, 3.8) is 0 Å². The molecule has 2 aliphatic rings. The third-order valence-electron chi connectivity index (χ3n) is 5.11. The van der Waals surface area contributed by atoms with Crippen molar-refractivity contribution in [2.24, 2.45) is 5.92 Å². The van der Waals surface area contributed by atoms with E-state index in [4.69, 9.17) is 0 Å². The lowest BCUT2D eigenvalue weighted by Crippen LogP contribution is -2.52. The van der Waals surface area contributed by atoms with Gasteiger partial charge in [-0.25, -0.2) is 8.42 Å². The minimum Gasteiger partial charge on any atom is -0.339 e. The summed E-state index contributed by atoms with van der Waals surface area (Å²) in [5.74, 6) is 0.802. The van der Waals surface area contributed by atoms with Gasteiger partial charge in [-0.1, -0.05) is 6.07 Å². The molecular weight excluding hydrogens is 374 g/mol. The molecule has 1 aromatic rings. The fourth-order valence-electron chi connectivity index (χ4n) is 3.02. The first-order chi connectivity index (χ1) is 11.9. The number of aryl methyl sites for hydroxylation is 2. The molecule has 0 spiro atoms. The molecule has 0 radical (unpaired) electrons. The average Bonchev–Trinajstić information content (AvgIpc) is 3.41. The van der Waals surface area contributed by atoms with Gasteiger partial charge in [-0.15, -0.1) is 12.4 Å². The maximum absolute atomic E-state index is 12.8. The summed E-state index contributed by atoms with van der Waals surface area (Å²) in [7, 11) is -3.49. The van der Waals surface area contributed by atoms with Crippen LogP contribution in [-0.4, -0.2) is 62.8 Å². The van der Waals surface area contributed by atoms with Gasteiger partial charge < -0.3 is 10.2 Å². The van der Waals surface area contributed by atoms with Crippen molar-refractivity contribution in [3.8, 4) is 0 Å². The Bertz CT molecular complexity index is 742. The Hall–Kier alpha value is -1.15. The number of nitrogens with one attached hydrogen (secondary N) is 1. The highest BCUT2D eigenvalue weighted by Crippen LogP contribution is 2.27. The second-order valence-electron chi connectivity index (χ2n) is 7.11. The zero-order chi connectivity index (χ0) is 18.0. The first-order valence-electron chi connectivity index (χ1n) is 8.94. The lowest BCUT2D eigenvalue weighted by molar-refractivity contribution is -0.131. The van der Waals surface area contributed by atoms with E-state index in [9.17, 15) is 13.2 Å². The van der Waals surface area contributed by atoms with Gasteiger partial charge in [0.15, 0.2) is 0 Å². The molecule has 1 amide bonds. The van der Waals surface area contributed by atoms with E-state index in [-0.39, 0.29) is 18.3 Å². The van der Waals surface area contributed by atoms with Gasteiger partial charge in [0, 0.05) is 26.2 Å². The van der Waals surface area contributed by atoms with E-state index in [0.29, 0.717) is 37.6 Å². The van der Waals surface area contributed by atoms with Crippen LogP contribution in [0.3, 0.4) is 0 Å². The van der Waals surface area contributed by atoms with Crippen LogP contribution in [0.25, 0.3) is 0 Å². The van der Waals surface area contributed by atoms with Crippen LogP contribution < -0.4 is 5.32 Å². The van der Waals surface area contributed by atoms with Gasteiger partial charge >= 0.3 is 0 Å². The third-order valence-corrected chi connectivity index (χ3v) is 7.01. The molecule has 0 atom stereocenters. The van der Waals surface area contributed by atoms with Gasteiger partial charge in [-0.2, -0.15) is 4.31 Å². The number of benzene rings is 1. The topological polar surface area (TPSA) is 69.7 Å². The zero-order valence-corrected chi connectivity index (χ0v) is 17.0. The van der Waals surface area contributed by atoms with E-state index < -0.39 is 10.0 Å². The van der Waals surface area contributed by atoms with E-state index in [1.807, 2.05) is 19.9 Å². The normalized spacial score (nSPS) is 18.5. The zero-order valence-electron chi connectivity index (χ0n) is 15.4. The van der Waals surface area contributed by atoms with Gasteiger partial charge in [-0.05, 0) is 62.4 Å². The van der Waals surface area contributed by atoms with Gasteiger partial charge in [0.2, 0.25) is 15.9 Å². The summed E-state index contributed by atoms with van der Waals surface area (Å²) in [5.41, 5.74) is 2.05. The van der Waals surface area contributed by atoms with Crippen LogP contribution >= 0.6 is 12.4 Å². The predicted octanol–water partition coefficient (Wildman–Crippen LogP) is 1.56. The molecule has 0 bridgehead atoms. The smallest absolute Gasteiger partial charge is 0.243 e. The number of carbonyl (C=O) groups excluding carboxylic acids is 1. The molecule has 2 fully saturated rings. The fourth-order valence-corrected chi connectivity index (χ4v) is 4.53. The number of rotatable bonds is 6. The highest BCUT2D eigenvalue weighted by atomic mass is 35.5. The Morgan fingerprint density at radius 1 is 1.12 bits per heavy atom. The van der Waals surface area contributed by atoms with Crippen LogP contribution in [0.4, 0.5) is 0 Å². The number of halogens is 1. The molecule has 1 aromatic carbocycles. The molecule has 1 aliphatic carbocycles. The first-order valence-corrected chi connectivity index (χ1v) is 10.4. The molecule has 0 unspecified atom stereocenters. The summed E-state index contributed by atoms with van der Waals surface area (Å²) in [6, 6.07) is 5.23. The van der Waals surface area contributed by atoms with Crippen LogP contribution in [0, 0.1) is 19.8 Å². The summed E-state index contributed by atoms with van der Waals surface area (Å²) >= 11 is 0. The second-order valence-corrected chi connectivity index (χ2v) is 9.04. The Balaban J connectivity index is 0.00000243. The average molecular weight is 402 g/mol. The van der Waals surface area contributed by atoms with E-state index in [2.05, 4.69) is 5.32 Å². The van der Waals surface area contributed by atoms with Crippen molar-refractivity contribution in [2.75, 3.05) is 39.3 Å². The SMILES string of the molecule is Cc1ccc(S(=O)(=O)N2CCN(C(=O)CNCC3CC3)CC2)cc1C.Cl. The van der Waals surface area contributed by atoms with Crippen LogP contribution in [0.2, 0.25) is 0 Å². The van der Waals surface area contributed by atoms with E-state index in [0.717, 1.165) is 23.6 Å². The fraction of sp³-hybridized carbons (Fsp3) is 0.611. The van der Waals surface area contributed by atoms with Crippen LogP contribution in [0.15, 0.2) is 23.1 Å². The predicted molar refractivity (Wildman–Crippen MR) is 104 cm³/mol. The Labute approximate surface area is 162 Å². The number of hydrogen-bond acceptors (Lipinski definition) is 4.